The van der Waals surface area contributed by atoms with Crippen LogP contribution in [0.1, 0.15) is 75.0 Å². The molecule has 2 aliphatic carbocycles. The number of nitrogens with two attached hydrogens (primary N) is 1. The number of hydrogen-bond acceptors (Lipinski definition) is 3. The van der Waals surface area contributed by atoms with Gasteiger partial charge in [0.1, 0.15) is 5.69 Å². The van der Waals surface area contributed by atoms with Crippen LogP contribution in [0, 0.1) is 11.8 Å². The Labute approximate surface area is 151 Å². The van der Waals surface area contributed by atoms with E-state index in [-0.39, 0.29) is 18.3 Å². The van der Waals surface area contributed by atoms with Gasteiger partial charge in [-0.05, 0) is 56.4 Å². The Hall–Kier alpha value is -1.07. The Balaban J connectivity index is 0.00000208. The maximum atomic E-state index is 12.8. The first-order valence-electron chi connectivity index (χ1n) is 9.13. The van der Waals surface area contributed by atoms with Crippen molar-refractivity contribution in [1.29, 1.82) is 0 Å². The molecule has 5 nitrogen and oxygen atoms in total. The average molecular weight is 355 g/mol. The third-order valence-electron chi connectivity index (χ3n) is 5.60. The second-order valence-electron chi connectivity index (χ2n) is 7.61. The van der Waals surface area contributed by atoms with Gasteiger partial charge in [-0.15, -0.1) is 12.4 Å². The first-order valence-corrected chi connectivity index (χ1v) is 9.13. The summed E-state index contributed by atoms with van der Waals surface area (Å²) in [6.07, 6.45) is 5.76. The highest BCUT2D eigenvalue weighted by atomic mass is 35.5. The normalized spacial score (nSPS) is 29.2. The van der Waals surface area contributed by atoms with E-state index in [1.807, 2.05) is 17.7 Å². The van der Waals surface area contributed by atoms with Crippen molar-refractivity contribution in [1.82, 2.24) is 15.1 Å². The molecule has 1 aromatic heterocycles. The zero-order chi connectivity index (χ0) is 16.6. The summed E-state index contributed by atoms with van der Waals surface area (Å²) in [7, 11) is 0. The van der Waals surface area contributed by atoms with Gasteiger partial charge < -0.3 is 11.1 Å². The van der Waals surface area contributed by atoms with Crippen LogP contribution in [0.5, 0.6) is 0 Å². The van der Waals surface area contributed by atoms with Crippen LogP contribution in [0.2, 0.25) is 0 Å². The molecule has 2 aliphatic rings. The van der Waals surface area contributed by atoms with Crippen molar-refractivity contribution in [2.24, 2.45) is 17.6 Å². The minimum absolute atomic E-state index is 0. The first kappa shape index (κ1) is 19.3. The number of carbonyl (C=O) groups is 1. The minimum Gasteiger partial charge on any atom is -0.347 e. The zero-order valence-electron chi connectivity index (χ0n) is 15.0. The van der Waals surface area contributed by atoms with Crippen molar-refractivity contribution in [2.45, 2.75) is 77.4 Å². The smallest absolute Gasteiger partial charge is 0.269 e. The Kier molecular flexibility index (Phi) is 6.32. The molecule has 2 unspecified atom stereocenters. The summed E-state index contributed by atoms with van der Waals surface area (Å²) in [6.45, 7) is 6.97. The number of aryl methyl sites for hydroxylation is 1. The van der Waals surface area contributed by atoms with Gasteiger partial charge in [0.05, 0.1) is 5.69 Å². The van der Waals surface area contributed by atoms with Crippen LogP contribution in [-0.4, -0.2) is 27.8 Å². The topological polar surface area (TPSA) is 72.9 Å². The third kappa shape index (κ3) is 3.77. The summed E-state index contributed by atoms with van der Waals surface area (Å²) in [5.41, 5.74) is 7.87. The Bertz CT molecular complexity index is 557. The molecule has 1 amide bonds. The number of fused-ring (bicyclic) bond motifs is 2. The SMILES string of the molecule is CCn1nc(C(C)C)cc1C(=O)NC1C2CCCC1CC(N)C2.Cl. The van der Waals surface area contributed by atoms with Crippen molar-refractivity contribution in [2.75, 3.05) is 0 Å². The molecule has 0 saturated heterocycles. The maximum absolute atomic E-state index is 12.8. The number of halogens is 1. The average Bonchev–Trinajstić information content (AvgIpc) is 2.92. The van der Waals surface area contributed by atoms with Gasteiger partial charge in [-0.3, -0.25) is 9.48 Å². The number of hydrogen-bond donors (Lipinski definition) is 2. The van der Waals surface area contributed by atoms with Crippen molar-refractivity contribution >= 4 is 18.3 Å². The van der Waals surface area contributed by atoms with E-state index in [0.717, 1.165) is 25.1 Å². The van der Waals surface area contributed by atoms with Crippen LogP contribution in [0.15, 0.2) is 6.07 Å². The van der Waals surface area contributed by atoms with Crippen LogP contribution in [-0.2, 0) is 6.54 Å². The lowest BCUT2D eigenvalue weighted by Crippen LogP contribution is -2.53. The lowest BCUT2D eigenvalue weighted by atomic mass is 9.67. The van der Waals surface area contributed by atoms with Crippen molar-refractivity contribution in [3.8, 4) is 0 Å². The predicted molar refractivity (Wildman–Crippen MR) is 98.5 cm³/mol. The minimum atomic E-state index is 0. The fourth-order valence-electron chi connectivity index (χ4n) is 4.39. The molecule has 2 atom stereocenters. The number of nitrogens with zero attached hydrogens (tertiary/aromatic N) is 2. The molecule has 3 rings (SSSR count). The molecule has 2 bridgehead atoms. The summed E-state index contributed by atoms with van der Waals surface area (Å²) >= 11 is 0. The molecular weight excluding hydrogens is 324 g/mol. The second kappa shape index (κ2) is 7.87. The quantitative estimate of drug-likeness (QED) is 0.872. The van der Waals surface area contributed by atoms with Crippen LogP contribution >= 0.6 is 12.4 Å². The van der Waals surface area contributed by atoms with Gasteiger partial charge in [0, 0.05) is 18.6 Å². The molecular formula is C18H31ClN4O. The molecule has 6 heteroatoms. The fraction of sp³-hybridized carbons (Fsp3) is 0.778. The van der Waals surface area contributed by atoms with Gasteiger partial charge >= 0.3 is 0 Å². The Morgan fingerprint density at radius 2 is 2.00 bits per heavy atom. The third-order valence-corrected chi connectivity index (χ3v) is 5.60. The van der Waals surface area contributed by atoms with Crippen molar-refractivity contribution in [3.05, 3.63) is 17.5 Å². The maximum Gasteiger partial charge on any atom is 0.269 e. The first-order chi connectivity index (χ1) is 11.0. The van der Waals surface area contributed by atoms with E-state index < -0.39 is 0 Å². The van der Waals surface area contributed by atoms with E-state index >= 15 is 0 Å². The highest BCUT2D eigenvalue weighted by Gasteiger charge is 2.40. The van der Waals surface area contributed by atoms with E-state index in [2.05, 4.69) is 24.3 Å². The van der Waals surface area contributed by atoms with Crippen LogP contribution in [0.3, 0.4) is 0 Å². The monoisotopic (exact) mass is 354 g/mol. The summed E-state index contributed by atoms with van der Waals surface area (Å²) < 4.78 is 1.83. The Morgan fingerprint density at radius 1 is 1.38 bits per heavy atom. The molecule has 136 valence electrons. The summed E-state index contributed by atoms with van der Waals surface area (Å²) in [5.74, 6) is 1.46. The number of aromatic nitrogens is 2. The molecule has 1 heterocycles. The molecule has 24 heavy (non-hydrogen) atoms. The number of carbonyl (C=O) groups excluding carboxylic acids is 1. The van der Waals surface area contributed by atoms with E-state index in [4.69, 9.17) is 5.73 Å². The second-order valence-corrected chi connectivity index (χ2v) is 7.61. The molecule has 0 aliphatic heterocycles. The van der Waals surface area contributed by atoms with Gasteiger partial charge in [-0.1, -0.05) is 20.3 Å². The Morgan fingerprint density at radius 3 is 2.54 bits per heavy atom. The van der Waals surface area contributed by atoms with E-state index in [9.17, 15) is 4.79 Å². The standard InChI is InChI=1S/C18H30N4O.ClH/c1-4-22-16(10-15(21-22)11(2)3)18(23)20-17-12-6-5-7-13(17)9-14(19)8-12;/h10-14,17H,4-9,19H2,1-3H3,(H,20,23);1H. The van der Waals surface area contributed by atoms with Gasteiger partial charge in [-0.2, -0.15) is 5.10 Å². The predicted octanol–water partition coefficient (Wildman–Crippen LogP) is 3.08. The number of amides is 1. The highest BCUT2D eigenvalue weighted by molar-refractivity contribution is 5.93. The van der Waals surface area contributed by atoms with Gasteiger partial charge in [0.25, 0.3) is 5.91 Å². The van der Waals surface area contributed by atoms with Crippen LogP contribution in [0.4, 0.5) is 0 Å². The lowest BCUT2D eigenvalue weighted by Gasteiger charge is -2.45. The summed E-state index contributed by atoms with van der Waals surface area (Å²) in [6, 6.07) is 2.55. The molecule has 2 saturated carbocycles. The van der Waals surface area contributed by atoms with Gasteiger partial charge in [-0.25, -0.2) is 0 Å². The molecule has 0 radical (unpaired) electrons. The van der Waals surface area contributed by atoms with Crippen molar-refractivity contribution < 1.29 is 4.79 Å². The van der Waals surface area contributed by atoms with Gasteiger partial charge in [0.15, 0.2) is 0 Å². The summed E-state index contributed by atoms with van der Waals surface area (Å²) in [4.78, 5) is 12.8. The molecule has 3 N–H and O–H groups in total. The largest absolute Gasteiger partial charge is 0.347 e. The van der Waals surface area contributed by atoms with Crippen molar-refractivity contribution in [3.63, 3.8) is 0 Å². The van der Waals surface area contributed by atoms with Crippen LogP contribution < -0.4 is 11.1 Å². The molecule has 2 fully saturated rings. The van der Waals surface area contributed by atoms with E-state index in [1.54, 1.807) is 0 Å². The highest BCUT2D eigenvalue weighted by Crippen LogP contribution is 2.39. The van der Waals surface area contributed by atoms with Gasteiger partial charge in [0.2, 0.25) is 0 Å². The molecule has 1 aromatic rings. The van der Waals surface area contributed by atoms with E-state index in [0.29, 0.717) is 35.5 Å². The number of nitrogens with one attached hydrogen (secondary N) is 1. The van der Waals surface area contributed by atoms with E-state index in [1.165, 1.54) is 19.3 Å². The summed E-state index contributed by atoms with van der Waals surface area (Å²) in [5, 5.41) is 7.89. The fourth-order valence-corrected chi connectivity index (χ4v) is 4.39. The van der Waals surface area contributed by atoms with Crippen LogP contribution in [0.25, 0.3) is 0 Å². The zero-order valence-corrected chi connectivity index (χ0v) is 15.8. The molecule has 0 aromatic carbocycles. The lowest BCUT2D eigenvalue weighted by molar-refractivity contribution is 0.0747. The number of rotatable bonds is 4. The molecule has 0 spiro atoms.